The van der Waals surface area contributed by atoms with Gasteiger partial charge < -0.3 is 4.90 Å². The van der Waals surface area contributed by atoms with Crippen LogP contribution in [0.15, 0.2) is 5.03 Å². The number of carbonyl (C=O) groups excluding carboxylic acids is 1. The molecule has 0 atom stereocenters. The maximum atomic E-state index is 12.1. The van der Waals surface area contributed by atoms with E-state index in [0.717, 1.165) is 25.9 Å². The number of hydrogen-bond donors (Lipinski definition) is 0. The van der Waals surface area contributed by atoms with Crippen molar-refractivity contribution in [3.05, 3.63) is 17.1 Å². The predicted molar refractivity (Wildman–Crippen MR) is 77.4 cm³/mol. The average Bonchev–Trinajstić information content (AvgIpc) is 2.45. The van der Waals surface area contributed by atoms with E-state index in [1.54, 1.807) is 13.8 Å². The molecule has 2 rings (SSSR count). The Hall–Kier alpha value is -1.61. The van der Waals surface area contributed by atoms with Gasteiger partial charge in [0.25, 0.3) is 0 Å². The molecular formula is C14H18N4OS. The first-order valence-corrected chi connectivity index (χ1v) is 7.76. The number of rotatable bonds is 3. The first-order valence-electron chi connectivity index (χ1n) is 6.77. The van der Waals surface area contributed by atoms with Crippen molar-refractivity contribution in [3.8, 4) is 6.07 Å². The summed E-state index contributed by atoms with van der Waals surface area (Å²) < 4.78 is 0. The summed E-state index contributed by atoms with van der Waals surface area (Å²) in [7, 11) is 0. The third kappa shape index (κ3) is 3.48. The van der Waals surface area contributed by atoms with E-state index in [0.29, 0.717) is 27.9 Å². The van der Waals surface area contributed by atoms with Crippen LogP contribution >= 0.6 is 11.8 Å². The maximum Gasteiger partial charge on any atom is 0.232 e. The van der Waals surface area contributed by atoms with Crippen LogP contribution in [-0.4, -0.2) is 39.6 Å². The van der Waals surface area contributed by atoms with Gasteiger partial charge in [-0.15, -0.1) is 0 Å². The molecule has 1 amide bonds. The van der Waals surface area contributed by atoms with E-state index in [1.165, 1.54) is 18.2 Å². The van der Waals surface area contributed by atoms with Crippen LogP contribution in [0.5, 0.6) is 0 Å². The molecule has 1 aliphatic rings. The minimum atomic E-state index is 0.132. The second kappa shape index (κ2) is 6.71. The van der Waals surface area contributed by atoms with Crippen LogP contribution in [0.1, 0.15) is 36.3 Å². The van der Waals surface area contributed by atoms with Gasteiger partial charge in [-0.05, 0) is 33.1 Å². The molecule has 0 aromatic carbocycles. The molecule has 0 unspecified atom stereocenters. The van der Waals surface area contributed by atoms with Crippen LogP contribution in [0.2, 0.25) is 0 Å². The van der Waals surface area contributed by atoms with Crippen molar-refractivity contribution in [2.75, 3.05) is 18.8 Å². The minimum absolute atomic E-state index is 0.132. The highest BCUT2D eigenvalue weighted by molar-refractivity contribution is 8.00. The number of piperidine rings is 1. The number of aromatic nitrogens is 2. The SMILES string of the molecule is Cc1nc(C)c(C#N)c(SCC(=O)N2CCCCC2)n1. The molecular weight excluding hydrogens is 272 g/mol. The van der Waals surface area contributed by atoms with Crippen molar-refractivity contribution in [1.29, 1.82) is 5.26 Å². The summed E-state index contributed by atoms with van der Waals surface area (Å²) in [6.07, 6.45) is 3.39. The summed E-state index contributed by atoms with van der Waals surface area (Å²) in [4.78, 5) is 22.5. The summed E-state index contributed by atoms with van der Waals surface area (Å²) in [5.74, 6) is 1.10. The fraction of sp³-hybridized carbons (Fsp3) is 0.571. The van der Waals surface area contributed by atoms with Crippen molar-refractivity contribution < 1.29 is 4.79 Å². The quantitative estimate of drug-likeness (QED) is 0.629. The van der Waals surface area contributed by atoms with Crippen LogP contribution in [0, 0.1) is 25.2 Å². The van der Waals surface area contributed by atoms with Crippen molar-refractivity contribution in [2.45, 2.75) is 38.1 Å². The van der Waals surface area contributed by atoms with Gasteiger partial charge in [-0.1, -0.05) is 11.8 Å². The van der Waals surface area contributed by atoms with E-state index in [9.17, 15) is 4.79 Å². The first kappa shape index (κ1) is 14.8. The number of amides is 1. The fourth-order valence-corrected chi connectivity index (χ4v) is 3.26. The predicted octanol–water partition coefficient (Wildman–Crippen LogP) is 2.07. The van der Waals surface area contributed by atoms with E-state index in [2.05, 4.69) is 16.0 Å². The van der Waals surface area contributed by atoms with E-state index >= 15 is 0 Å². The highest BCUT2D eigenvalue weighted by Gasteiger charge is 2.18. The number of carbonyl (C=O) groups is 1. The van der Waals surface area contributed by atoms with Gasteiger partial charge in [0, 0.05) is 13.1 Å². The molecule has 0 saturated carbocycles. The number of thioether (sulfide) groups is 1. The maximum absolute atomic E-state index is 12.1. The van der Waals surface area contributed by atoms with Gasteiger partial charge in [0.2, 0.25) is 5.91 Å². The number of nitriles is 1. The second-order valence-corrected chi connectivity index (χ2v) is 5.84. The van der Waals surface area contributed by atoms with Gasteiger partial charge >= 0.3 is 0 Å². The molecule has 0 spiro atoms. The highest BCUT2D eigenvalue weighted by atomic mass is 32.2. The Morgan fingerprint density at radius 2 is 2.00 bits per heavy atom. The summed E-state index contributed by atoms with van der Waals surface area (Å²) in [5.41, 5.74) is 1.15. The molecule has 1 aromatic heterocycles. The molecule has 1 saturated heterocycles. The summed E-state index contributed by atoms with van der Waals surface area (Å²) >= 11 is 1.34. The van der Waals surface area contributed by atoms with Gasteiger partial charge in [-0.25, -0.2) is 9.97 Å². The Kier molecular flexibility index (Phi) is 4.96. The zero-order valence-electron chi connectivity index (χ0n) is 11.8. The molecule has 1 fully saturated rings. The number of aryl methyl sites for hydroxylation is 2. The monoisotopic (exact) mass is 290 g/mol. The second-order valence-electron chi connectivity index (χ2n) is 4.88. The van der Waals surface area contributed by atoms with Crippen molar-refractivity contribution in [2.24, 2.45) is 0 Å². The Morgan fingerprint density at radius 3 is 2.65 bits per heavy atom. The third-order valence-corrected chi connectivity index (χ3v) is 4.28. The van der Waals surface area contributed by atoms with Gasteiger partial charge in [0.1, 0.15) is 22.5 Å². The summed E-state index contributed by atoms with van der Waals surface area (Å²) in [5, 5.41) is 9.78. The van der Waals surface area contributed by atoms with Crippen LogP contribution in [0.4, 0.5) is 0 Å². The van der Waals surface area contributed by atoms with E-state index in [4.69, 9.17) is 5.26 Å². The van der Waals surface area contributed by atoms with E-state index in [-0.39, 0.29) is 5.91 Å². The largest absolute Gasteiger partial charge is 0.342 e. The lowest BCUT2D eigenvalue weighted by Crippen LogP contribution is -2.36. The zero-order valence-corrected chi connectivity index (χ0v) is 12.7. The molecule has 0 radical (unpaired) electrons. The van der Waals surface area contributed by atoms with Gasteiger partial charge in [-0.3, -0.25) is 4.79 Å². The molecule has 106 valence electrons. The van der Waals surface area contributed by atoms with Crippen LogP contribution in [0.25, 0.3) is 0 Å². The zero-order chi connectivity index (χ0) is 14.5. The minimum Gasteiger partial charge on any atom is -0.342 e. The van der Waals surface area contributed by atoms with Gasteiger partial charge in [-0.2, -0.15) is 5.26 Å². The molecule has 0 N–H and O–H groups in total. The fourth-order valence-electron chi connectivity index (χ4n) is 2.28. The number of hydrogen-bond acceptors (Lipinski definition) is 5. The normalized spacial score (nSPS) is 14.9. The molecule has 2 heterocycles. The lowest BCUT2D eigenvalue weighted by atomic mass is 10.1. The van der Waals surface area contributed by atoms with Gasteiger partial charge in [0.15, 0.2) is 0 Å². The number of nitrogens with zero attached hydrogens (tertiary/aromatic N) is 4. The Balaban J connectivity index is 2.03. The summed E-state index contributed by atoms with van der Waals surface area (Å²) in [6, 6.07) is 2.12. The third-order valence-electron chi connectivity index (χ3n) is 3.32. The summed E-state index contributed by atoms with van der Waals surface area (Å²) in [6.45, 7) is 5.30. The molecule has 6 heteroatoms. The topological polar surface area (TPSA) is 69.9 Å². The lowest BCUT2D eigenvalue weighted by molar-refractivity contribution is -0.129. The van der Waals surface area contributed by atoms with E-state index < -0.39 is 0 Å². The van der Waals surface area contributed by atoms with Crippen LogP contribution in [-0.2, 0) is 4.79 Å². The molecule has 1 aliphatic heterocycles. The molecule has 0 aliphatic carbocycles. The first-order chi connectivity index (χ1) is 9.61. The standard InChI is InChI=1S/C14H18N4OS/c1-10-12(8-15)14(17-11(2)16-10)20-9-13(19)18-6-4-3-5-7-18/h3-7,9H2,1-2H3. The molecule has 5 nitrogen and oxygen atoms in total. The molecule has 0 bridgehead atoms. The average molecular weight is 290 g/mol. The lowest BCUT2D eigenvalue weighted by Gasteiger charge is -2.26. The smallest absolute Gasteiger partial charge is 0.232 e. The molecule has 1 aromatic rings. The Bertz CT molecular complexity index is 547. The van der Waals surface area contributed by atoms with Crippen molar-refractivity contribution in [1.82, 2.24) is 14.9 Å². The highest BCUT2D eigenvalue weighted by Crippen LogP contribution is 2.23. The van der Waals surface area contributed by atoms with Crippen molar-refractivity contribution >= 4 is 17.7 Å². The van der Waals surface area contributed by atoms with Gasteiger partial charge in [0.05, 0.1) is 11.4 Å². The number of likely N-dealkylation sites (tertiary alicyclic amines) is 1. The van der Waals surface area contributed by atoms with Crippen LogP contribution in [0.3, 0.4) is 0 Å². The van der Waals surface area contributed by atoms with E-state index in [1.807, 2.05) is 4.90 Å². The molecule has 20 heavy (non-hydrogen) atoms. The Labute approximate surface area is 123 Å². The van der Waals surface area contributed by atoms with Crippen molar-refractivity contribution in [3.63, 3.8) is 0 Å². The Morgan fingerprint density at radius 1 is 1.30 bits per heavy atom. The van der Waals surface area contributed by atoms with Crippen LogP contribution < -0.4 is 0 Å².